The van der Waals surface area contributed by atoms with Gasteiger partial charge in [0.15, 0.2) is 0 Å². The summed E-state index contributed by atoms with van der Waals surface area (Å²) in [5, 5.41) is 10.1. The van der Waals surface area contributed by atoms with E-state index >= 15 is 0 Å². The predicted octanol–water partition coefficient (Wildman–Crippen LogP) is 2.76. The minimum Gasteiger partial charge on any atom is -0.494 e. The van der Waals surface area contributed by atoms with Crippen LogP contribution in [-0.4, -0.2) is 36.9 Å². The number of rotatable bonds is 8. The molecular formula is C15H19N3O4S2. The van der Waals surface area contributed by atoms with E-state index < -0.39 is 15.7 Å². The zero-order valence-electron chi connectivity index (χ0n) is 13.5. The van der Waals surface area contributed by atoms with Crippen LogP contribution >= 0.6 is 11.3 Å². The molecule has 0 fully saturated rings. The molecule has 0 bridgehead atoms. The van der Waals surface area contributed by atoms with Gasteiger partial charge in [0.05, 0.1) is 12.4 Å². The van der Waals surface area contributed by atoms with E-state index in [0.29, 0.717) is 24.3 Å². The average Bonchev–Trinajstić information content (AvgIpc) is 3.03. The van der Waals surface area contributed by atoms with Crippen molar-refractivity contribution < 1.29 is 17.9 Å². The highest BCUT2D eigenvalue weighted by molar-refractivity contribution is 7.93. The second kappa shape index (κ2) is 8.20. The van der Waals surface area contributed by atoms with Gasteiger partial charge in [-0.3, -0.25) is 10.1 Å². The van der Waals surface area contributed by atoms with Crippen molar-refractivity contribution >= 4 is 32.2 Å². The molecule has 1 amide bonds. The van der Waals surface area contributed by atoms with Gasteiger partial charge in [-0.15, -0.1) is 10.2 Å². The molecule has 7 nitrogen and oxygen atoms in total. The highest BCUT2D eigenvalue weighted by Crippen LogP contribution is 2.23. The van der Waals surface area contributed by atoms with E-state index in [1.807, 2.05) is 13.8 Å². The van der Waals surface area contributed by atoms with Gasteiger partial charge in [-0.05, 0) is 31.5 Å². The number of anilines is 1. The van der Waals surface area contributed by atoms with Gasteiger partial charge in [0.1, 0.15) is 5.75 Å². The number of hydrogen-bond donors (Lipinski definition) is 1. The van der Waals surface area contributed by atoms with Crippen LogP contribution in [0.5, 0.6) is 5.75 Å². The first-order valence-electron chi connectivity index (χ1n) is 7.56. The van der Waals surface area contributed by atoms with Crippen LogP contribution in [0.25, 0.3) is 0 Å². The molecule has 1 N–H and O–H groups in total. The maximum atomic E-state index is 12.2. The molecule has 1 aromatic heterocycles. The van der Waals surface area contributed by atoms with E-state index in [4.69, 9.17) is 4.74 Å². The predicted molar refractivity (Wildman–Crippen MR) is 92.4 cm³/mol. The minimum atomic E-state index is -3.44. The van der Waals surface area contributed by atoms with Gasteiger partial charge in [0.25, 0.3) is 5.91 Å². The van der Waals surface area contributed by atoms with Crippen LogP contribution in [0, 0.1) is 0 Å². The Morgan fingerprint density at radius 1 is 1.29 bits per heavy atom. The summed E-state index contributed by atoms with van der Waals surface area (Å²) in [6, 6.07) is 6.71. The molecule has 0 aliphatic rings. The van der Waals surface area contributed by atoms with Gasteiger partial charge in [-0.1, -0.05) is 30.7 Å². The number of sulfone groups is 1. The van der Waals surface area contributed by atoms with E-state index in [2.05, 4.69) is 15.5 Å². The Bertz CT molecular complexity index is 803. The standard InChI is InChI=1S/C15H19N3O4S2/c1-3-5-9-24(20,21)15-18-17-14(23-15)16-13(19)11-7-6-8-12(10-11)22-4-2/h6-8,10H,3-5,9H2,1-2H3,(H,16,17,19). The smallest absolute Gasteiger partial charge is 0.257 e. The van der Waals surface area contributed by atoms with E-state index in [0.717, 1.165) is 17.8 Å². The number of unbranched alkanes of at least 4 members (excludes halogenated alkanes) is 1. The monoisotopic (exact) mass is 369 g/mol. The normalized spacial score (nSPS) is 11.2. The molecule has 9 heteroatoms. The number of hydrogen-bond acceptors (Lipinski definition) is 7. The lowest BCUT2D eigenvalue weighted by Crippen LogP contribution is -2.11. The third-order valence-corrected chi connectivity index (χ3v) is 6.15. The lowest BCUT2D eigenvalue weighted by molar-refractivity contribution is 0.102. The van der Waals surface area contributed by atoms with Crippen molar-refractivity contribution in [2.45, 2.75) is 31.0 Å². The zero-order chi connectivity index (χ0) is 17.6. The molecule has 130 valence electrons. The number of benzene rings is 1. The number of carbonyl (C=O) groups is 1. The van der Waals surface area contributed by atoms with E-state index in [-0.39, 0.29) is 15.2 Å². The number of amides is 1. The lowest BCUT2D eigenvalue weighted by atomic mass is 10.2. The van der Waals surface area contributed by atoms with Crippen molar-refractivity contribution in [1.29, 1.82) is 0 Å². The number of carbonyl (C=O) groups excluding carboxylic acids is 1. The molecule has 0 aliphatic carbocycles. The Hall–Kier alpha value is -2.00. The molecule has 1 heterocycles. The van der Waals surface area contributed by atoms with Crippen LogP contribution in [0.4, 0.5) is 5.13 Å². The first-order valence-corrected chi connectivity index (χ1v) is 10.0. The Balaban J connectivity index is 2.09. The fraction of sp³-hybridized carbons (Fsp3) is 0.400. The maximum Gasteiger partial charge on any atom is 0.257 e. The summed E-state index contributed by atoms with van der Waals surface area (Å²) in [5.41, 5.74) is 0.395. The fourth-order valence-electron chi connectivity index (χ4n) is 1.87. The van der Waals surface area contributed by atoms with Gasteiger partial charge in [-0.2, -0.15) is 0 Å². The molecule has 0 saturated carbocycles. The van der Waals surface area contributed by atoms with Crippen LogP contribution in [0.15, 0.2) is 28.6 Å². The summed E-state index contributed by atoms with van der Waals surface area (Å²) in [5.74, 6) is 0.220. The Morgan fingerprint density at radius 3 is 2.79 bits per heavy atom. The first kappa shape index (κ1) is 18.3. The molecule has 0 spiro atoms. The molecule has 2 aromatic rings. The molecule has 0 atom stereocenters. The second-order valence-electron chi connectivity index (χ2n) is 4.96. The first-order chi connectivity index (χ1) is 11.5. The summed E-state index contributed by atoms with van der Waals surface area (Å²) in [6.07, 6.45) is 1.34. The maximum absolute atomic E-state index is 12.2. The molecular weight excluding hydrogens is 350 g/mol. The van der Waals surface area contributed by atoms with Crippen LogP contribution in [0.1, 0.15) is 37.0 Å². The number of nitrogens with zero attached hydrogens (tertiary/aromatic N) is 2. The summed E-state index contributed by atoms with van der Waals surface area (Å²) < 4.78 is 29.4. The Labute approximate surface area is 145 Å². The van der Waals surface area contributed by atoms with Gasteiger partial charge >= 0.3 is 0 Å². The highest BCUT2D eigenvalue weighted by atomic mass is 32.2. The van der Waals surface area contributed by atoms with Crippen molar-refractivity contribution in [1.82, 2.24) is 10.2 Å². The van der Waals surface area contributed by atoms with Gasteiger partial charge in [0, 0.05) is 5.56 Å². The average molecular weight is 369 g/mol. The summed E-state index contributed by atoms with van der Waals surface area (Å²) in [7, 11) is -3.44. The molecule has 0 unspecified atom stereocenters. The van der Waals surface area contributed by atoms with Crippen LogP contribution in [0.3, 0.4) is 0 Å². The Morgan fingerprint density at radius 2 is 2.08 bits per heavy atom. The van der Waals surface area contributed by atoms with Crippen molar-refractivity contribution in [2.24, 2.45) is 0 Å². The topological polar surface area (TPSA) is 98.3 Å². The zero-order valence-corrected chi connectivity index (χ0v) is 15.1. The Kier molecular flexibility index (Phi) is 6.27. The van der Waals surface area contributed by atoms with Gasteiger partial charge in [0.2, 0.25) is 19.3 Å². The highest BCUT2D eigenvalue weighted by Gasteiger charge is 2.20. The summed E-state index contributed by atoms with van der Waals surface area (Å²) >= 11 is 0.854. The number of aromatic nitrogens is 2. The molecule has 2 rings (SSSR count). The third-order valence-electron chi connectivity index (χ3n) is 3.07. The fourth-order valence-corrected chi connectivity index (χ4v) is 4.35. The third kappa shape index (κ3) is 4.75. The molecule has 0 saturated heterocycles. The van der Waals surface area contributed by atoms with Crippen LogP contribution in [-0.2, 0) is 9.84 Å². The summed E-state index contributed by atoms with van der Waals surface area (Å²) in [4.78, 5) is 12.2. The van der Waals surface area contributed by atoms with Gasteiger partial charge in [-0.25, -0.2) is 8.42 Å². The largest absolute Gasteiger partial charge is 0.494 e. The second-order valence-corrected chi connectivity index (χ2v) is 8.22. The summed E-state index contributed by atoms with van der Waals surface area (Å²) in [6.45, 7) is 4.27. The van der Waals surface area contributed by atoms with E-state index in [9.17, 15) is 13.2 Å². The number of nitrogens with one attached hydrogen (secondary N) is 1. The minimum absolute atomic E-state index is 0.0302. The lowest BCUT2D eigenvalue weighted by Gasteiger charge is -2.05. The van der Waals surface area contributed by atoms with E-state index in [1.54, 1.807) is 24.3 Å². The molecule has 0 aliphatic heterocycles. The molecule has 24 heavy (non-hydrogen) atoms. The SMILES string of the molecule is CCCCS(=O)(=O)c1nnc(NC(=O)c2cccc(OCC)c2)s1. The van der Waals surface area contributed by atoms with Crippen molar-refractivity contribution in [3.63, 3.8) is 0 Å². The molecule has 0 radical (unpaired) electrons. The molecule has 1 aromatic carbocycles. The van der Waals surface area contributed by atoms with Crippen molar-refractivity contribution in [3.05, 3.63) is 29.8 Å². The van der Waals surface area contributed by atoms with Crippen LogP contribution in [0.2, 0.25) is 0 Å². The van der Waals surface area contributed by atoms with E-state index in [1.165, 1.54) is 0 Å². The van der Waals surface area contributed by atoms with Crippen molar-refractivity contribution in [3.8, 4) is 5.75 Å². The van der Waals surface area contributed by atoms with Crippen molar-refractivity contribution in [2.75, 3.05) is 17.7 Å². The van der Waals surface area contributed by atoms with Crippen LogP contribution < -0.4 is 10.1 Å². The quantitative estimate of drug-likeness (QED) is 0.719. The van der Waals surface area contributed by atoms with Gasteiger partial charge < -0.3 is 4.74 Å². The number of ether oxygens (including phenoxy) is 1.